The summed E-state index contributed by atoms with van der Waals surface area (Å²) < 4.78 is 7.12. The van der Waals surface area contributed by atoms with Crippen molar-refractivity contribution in [2.75, 3.05) is 5.32 Å². The zero-order valence-corrected chi connectivity index (χ0v) is 20.5. The standard InChI is InChI=1S/C28H25N5O3/c1-16-5-8-20(9-6-16)26-31-28(36-32-26)23-14-33(27-22(25(23)35)10-7-19(4)29-27)15-24(34)30-21-12-17(2)11-18(3)13-21/h5-14H,15H2,1-4H3,(H,30,34). The first kappa shape index (κ1) is 23.2. The lowest BCUT2D eigenvalue weighted by Crippen LogP contribution is -2.22. The molecule has 3 aromatic heterocycles. The maximum Gasteiger partial charge on any atom is 0.263 e. The summed E-state index contributed by atoms with van der Waals surface area (Å²) in [5, 5.41) is 7.37. The summed E-state index contributed by atoms with van der Waals surface area (Å²) in [6.07, 6.45) is 1.56. The molecular formula is C28H25N5O3. The Bertz CT molecular complexity index is 1650. The molecule has 0 unspecified atom stereocenters. The first-order valence-electron chi connectivity index (χ1n) is 11.6. The molecule has 5 rings (SSSR count). The van der Waals surface area contributed by atoms with Gasteiger partial charge in [-0.05, 0) is 63.1 Å². The van der Waals surface area contributed by atoms with E-state index < -0.39 is 0 Å². The van der Waals surface area contributed by atoms with Crippen LogP contribution < -0.4 is 10.7 Å². The van der Waals surface area contributed by atoms with Crippen LogP contribution in [0.4, 0.5) is 5.69 Å². The molecule has 0 aliphatic rings. The number of pyridine rings is 2. The van der Waals surface area contributed by atoms with Gasteiger partial charge in [0.05, 0.1) is 5.39 Å². The molecule has 0 bridgehead atoms. The number of aryl methyl sites for hydroxylation is 4. The third-order valence-electron chi connectivity index (χ3n) is 5.85. The summed E-state index contributed by atoms with van der Waals surface area (Å²) in [6, 6.07) is 17.0. The van der Waals surface area contributed by atoms with Crippen LogP contribution in [0.1, 0.15) is 22.4 Å². The van der Waals surface area contributed by atoms with E-state index in [1.165, 1.54) is 0 Å². The van der Waals surface area contributed by atoms with E-state index >= 15 is 0 Å². The highest BCUT2D eigenvalue weighted by molar-refractivity contribution is 5.92. The van der Waals surface area contributed by atoms with E-state index in [2.05, 4.69) is 20.4 Å². The normalized spacial score (nSPS) is 11.1. The number of amides is 1. The maximum atomic E-state index is 13.4. The van der Waals surface area contributed by atoms with Crippen LogP contribution in [0.25, 0.3) is 33.9 Å². The molecule has 0 radical (unpaired) electrons. The largest absolute Gasteiger partial charge is 0.333 e. The summed E-state index contributed by atoms with van der Waals surface area (Å²) in [6.45, 7) is 7.74. The molecule has 8 heteroatoms. The highest BCUT2D eigenvalue weighted by Gasteiger charge is 2.19. The van der Waals surface area contributed by atoms with Crippen LogP contribution in [0.2, 0.25) is 0 Å². The van der Waals surface area contributed by atoms with E-state index in [1.54, 1.807) is 22.9 Å². The topological polar surface area (TPSA) is 103 Å². The second kappa shape index (κ2) is 9.22. The Balaban J connectivity index is 1.54. The SMILES string of the molecule is Cc1ccc(-c2noc(-c3cn(CC(=O)Nc4cc(C)cc(C)c4)c4nc(C)ccc4c3=O)n2)cc1. The fourth-order valence-electron chi connectivity index (χ4n) is 4.19. The van der Waals surface area contributed by atoms with Gasteiger partial charge in [-0.15, -0.1) is 0 Å². The predicted molar refractivity (Wildman–Crippen MR) is 139 cm³/mol. The van der Waals surface area contributed by atoms with Crippen LogP contribution in [-0.4, -0.2) is 25.6 Å². The third-order valence-corrected chi connectivity index (χ3v) is 5.85. The van der Waals surface area contributed by atoms with Gasteiger partial charge in [0, 0.05) is 23.1 Å². The Kier molecular flexibility index (Phi) is 5.93. The molecule has 0 atom stereocenters. The fourth-order valence-corrected chi connectivity index (χ4v) is 4.19. The van der Waals surface area contributed by atoms with Gasteiger partial charge in [-0.25, -0.2) is 4.98 Å². The average molecular weight is 480 g/mol. The Hall–Kier alpha value is -4.59. The van der Waals surface area contributed by atoms with Crippen molar-refractivity contribution >= 4 is 22.6 Å². The third kappa shape index (κ3) is 4.65. The minimum Gasteiger partial charge on any atom is -0.333 e. The van der Waals surface area contributed by atoms with Gasteiger partial charge in [-0.3, -0.25) is 9.59 Å². The molecule has 5 aromatic rings. The molecule has 0 saturated carbocycles. The Morgan fingerprint density at radius 3 is 2.36 bits per heavy atom. The van der Waals surface area contributed by atoms with Gasteiger partial charge in [-0.1, -0.05) is 41.1 Å². The summed E-state index contributed by atoms with van der Waals surface area (Å²) in [7, 11) is 0. The lowest BCUT2D eigenvalue weighted by atomic mass is 10.1. The number of rotatable bonds is 5. The van der Waals surface area contributed by atoms with Crippen LogP contribution in [0.3, 0.4) is 0 Å². The first-order valence-corrected chi connectivity index (χ1v) is 11.6. The van der Waals surface area contributed by atoms with Gasteiger partial charge in [0.1, 0.15) is 17.8 Å². The number of anilines is 1. The van der Waals surface area contributed by atoms with Crippen LogP contribution >= 0.6 is 0 Å². The van der Waals surface area contributed by atoms with Crippen LogP contribution in [0.5, 0.6) is 0 Å². The molecule has 3 heterocycles. The summed E-state index contributed by atoms with van der Waals surface area (Å²) in [4.78, 5) is 35.3. The second-order valence-corrected chi connectivity index (χ2v) is 9.04. The molecule has 0 aliphatic carbocycles. The Labute approximate surface area is 207 Å². The molecule has 0 aliphatic heterocycles. The molecule has 0 spiro atoms. The number of carbonyl (C=O) groups excluding carboxylic acids is 1. The molecule has 1 N–H and O–H groups in total. The Morgan fingerprint density at radius 2 is 1.64 bits per heavy atom. The number of hydrogen-bond donors (Lipinski definition) is 1. The number of nitrogens with zero attached hydrogens (tertiary/aromatic N) is 4. The minimum absolute atomic E-state index is 0.0494. The smallest absolute Gasteiger partial charge is 0.263 e. The predicted octanol–water partition coefficient (Wildman–Crippen LogP) is 4.99. The van der Waals surface area contributed by atoms with Crippen molar-refractivity contribution in [3.05, 3.63) is 93.4 Å². The monoisotopic (exact) mass is 479 g/mol. The van der Waals surface area contributed by atoms with Gasteiger partial charge >= 0.3 is 0 Å². The fraction of sp³-hybridized carbons (Fsp3) is 0.179. The molecule has 0 saturated heterocycles. The molecule has 8 nitrogen and oxygen atoms in total. The zero-order valence-electron chi connectivity index (χ0n) is 20.5. The average Bonchev–Trinajstić information content (AvgIpc) is 3.30. The van der Waals surface area contributed by atoms with Crippen molar-refractivity contribution in [1.29, 1.82) is 0 Å². The molecule has 2 aromatic carbocycles. The van der Waals surface area contributed by atoms with E-state index in [9.17, 15) is 9.59 Å². The van der Waals surface area contributed by atoms with Gasteiger partial charge in [0.25, 0.3) is 5.89 Å². The van der Waals surface area contributed by atoms with Crippen molar-refractivity contribution in [3.8, 4) is 22.8 Å². The lowest BCUT2D eigenvalue weighted by Gasteiger charge is -2.13. The van der Waals surface area contributed by atoms with Gasteiger partial charge in [0.2, 0.25) is 17.2 Å². The van der Waals surface area contributed by atoms with E-state index in [4.69, 9.17) is 4.52 Å². The van der Waals surface area contributed by atoms with E-state index in [0.717, 1.165) is 27.9 Å². The first-order chi connectivity index (χ1) is 17.3. The number of aromatic nitrogens is 4. The zero-order chi connectivity index (χ0) is 25.4. The highest BCUT2D eigenvalue weighted by Crippen LogP contribution is 2.23. The van der Waals surface area contributed by atoms with Gasteiger partial charge < -0.3 is 14.4 Å². The van der Waals surface area contributed by atoms with Crippen molar-refractivity contribution in [2.45, 2.75) is 34.2 Å². The number of hydrogen-bond acceptors (Lipinski definition) is 6. The number of carbonyl (C=O) groups is 1. The maximum absolute atomic E-state index is 13.4. The van der Waals surface area contributed by atoms with E-state index in [1.807, 2.05) is 70.2 Å². The summed E-state index contributed by atoms with van der Waals surface area (Å²) in [5.41, 5.74) is 5.78. The van der Waals surface area contributed by atoms with Crippen LogP contribution in [-0.2, 0) is 11.3 Å². The molecule has 0 fully saturated rings. The quantitative estimate of drug-likeness (QED) is 0.381. The molecular weight excluding hydrogens is 454 g/mol. The van der Waals surface area contributed by atoms with E-state index in [0.29, 0.717) is 22.5 Å². The van der Waals surface area contributed by atoms with Gasteiger partial charge in [-0.2, -0.15) is 4.98 Å². The molecule has 180 valence electrons. The Morgan fingerprint density at radius 1 is 0.917 bits per heavy atom. The number of nitrogens with one attached hydrogen (secondary N) is 1. The van der Waals surface area contributed by atoms with Crippen molar-refractivity contribution in [1.82, 2.24) is 19.7 Å². The highest BCUT2D eigenvalue weighted by atomic mass is 16.5. The molecule has 36 heavy (non-hydrogen) atoms. The second-order valence-electron chi connectivity index (χ2n) is 9.04. The lowest BCUT2D eigenvalue weighted by molar-refractivity contribution is -0.116. The molecule has 1 amide bonds. The van der Waals surface area contributed by atoms with Gasteiger partial charge in [0.15, 0.2) is 0 Å². The van der Waals surface area contributed by atoms with Crippen molar-refractivity contribution in [3.63, 3.8) is 0 Å². The minimum atomic E-state index is -0.289. The van der Waals surface area contributed by atoms with Crippen molar-refractivity contribution < 1.29 is 9.32 Å². The number of benzene rings is 2. The van der Waals surface area contributed by atoms with Crippen molar-refractivity contribution in [2.24, 2.45) is 0 Å². The van der Waals surface area contributed by atoms with Crippen LogP contribution in [0, 0.1) is 27.7 Å². The number of fused-ring (bicyclic) bond motifs is 1. The summed E-state index contributed by atoms with van der Waals surface area (Å²) in [5.74, 6) is 0.220. The van der Waals surface area contributed by atoms with E-state index in [-0.39, 0.29) is 29.3 Å². The summed E-state index contributed by atoms with van der Waals surface area (Å²) >= 11 is 0. The van der Waals surface area contributed by atoms with Crippen LogP contribution in [0.15, 0.2) is 70.1 Å².